The molecule has 3 nitrogen and oxygen atoms in total. The Balaban J connectivity index is 1.94. The fraction of sp³-hybridized carbons (Fsp3) is 0.583. The van der Waals surface area contributed by atoms with Gasteiger partial charge in [-0.05, 0) is 25.0 Å². The van der Waals surface area contributed by atoms with Gasteiger partial charge in [0.1, 0.15) is 0 Å². The van der Waals surface area contributed by atoms with Crippen LogP contribution in [0, 0.1) is 5.82 Å². The fourth-order valence-electron chi connectivity index (χ4n) is 2.21. The number of nitrogens with zero attached hydrogens (tertiary/aromatic N) is 1. The van der Waals surface area contributed by atoms with Gasteiger partial charge in [-0.15, -0.1) is 0 Å². The third-order valence-electron chi connectivity index (χ3n) is 3.22. The van der Waals surface area contributed by atoms with Crippen LogP contribution < -0.4 is 11.1 Å². The molecule has 16 heavy (non-hydrogen) atoms. The van der Waals surface area contributed by atoms with E-state index < -0.39 is 0 Å². The first-order valence-corrected chi connectivity index (χ1v) is 5.83. The monoisotopic (exact) mass is 223 g/mol. The standard InChI is InChI=1S/C12H18FN3/c13-10-5-4-8-15-11(10)16-9-12(14)6-2-1-3-7-12/h4-5,8H,1-3,6-7,9,14H2,(H,15,16). The van der Waals surface area contributed by atoms with Crippen molar-refractivity contribution in [2.45, 2.75) is 37.6 Å². The van der Waals surface area contributed by atoms with E-state index in [1.165, 1.54) is 25.3 Å². The van der Waals surface area contributed by atoms with Crippen LogP contribution in [0.3, 0.4) is 0 Å². The Labute approximate surface area is 95.3 Å². The average Bonchev–Trinajstić information content (AvgIpc) is 2.29. The summed E-state index contributed by atoms with van der Waals surface area (Å²) in [6.07, 6.45) is 7.20. The molecule has 0 bridgehead atoms. The highest BCUT2D eigenvalue weighted by Gasteiger charge is 2.27. The average molecular weight is 223 g/mol. The molecule has 0 aromatic carbocycles. The van der Waals surface area contributed by atoms with Gasteiger partial charge in [0.2, 0.25) is 0 Å². The Bertz CT molecular complexity index is 348. The summed E-state index contributed by atoms with van der Waals surface area (Å²) >= 11 is 0. The minimum absolute atomic E-state index is 0.192. The van der Waals surface area contributed by atoms with Crippen molar-refractivity contribution in [2.24, 2.45) is 5.73 Å². The summed E-state index contributed by atoms with van der Waals surface area (Å²) in [7, 11) is 0. The summed E-state index contributed by atoms with van der Waals surface area (Å²) in [5.74, 6) is -0.0141. The molecule has 1 heterocycles. The summed E-state index contributed by atoms with van der Waals surface area (Å²) in [6.45, 7) is 0.598. The highest BCUT2D eigenvalue weighted by Crippen LogP contribution is 2.26. The second-order valence-electron chi connectivity index (χ2n) is 4.61. The van der Waals surface area contributed by atoms with Crippen molar-refractivity contribution in [2.75, 3.05) is 11.9 Å². The molecule has 0 amide bonds. The second-order valence-corrected chi connectivity index (χ2v) is 4.61. The van der Waals surface area contributed by atoms with Gasteiger partial charge in [0.05, 0.1) is 0 Å². The summed E-state index contributed by atoms with van der Waals surface area (Å²) in [5, 5.41) is 3.01. The first-order chi connectivity index (χ1) is 7.70. The smallest absolute Gasteiger partial charge is 0.165 e. The lowest BCUT2D eigenvalue weighted by atomic mass is 9.82. The molecule has 1 saturated carbocycles. The van der Waals surface area contributed by atoms with Crippen LogP contribution in [0.2, 0.25) is 0 Å². The van der Waals surface area contributed by atoms with Gasteiger partial charge in [0, 0.05) is 18.3 Å². The number of anilines is 1. The van der Waals surface area contributed by atoms with E-state index in [1.807, 2.05) is 0 Å². The Morgan fingerprint density at radius 3 is 2.81 bits per heavy atom. The molecule has 0 atom stereocenters. The number of aromatic nitrogens is 1. The molecule has 1 fully saturated rings. The van der Waals surface area contributed by atoms with Gasteiger partial charge in [0.25, 0.3) is 0 Å². The zero-order valence-corrected chi connectivity index (χ0v) is 9.38. The van der Waals surface area contributed by atoms with E-state index in [1.54, 1.807) is 12.3 Å². The SMILES string of the molecule is NC1(CNc2ncccc2F)CCCCC1. The van der Waals surface area contributed by atoms with E-state index in [9.17, 15) is 4.39 Å². The second kappa shape index (κ2) is 4.78. The first kappa shape index (κ1) is 11.3. The van der Waals surface area contributed by atoms with Crippen molar-refractivity contribution in [3.63, 3.8) is 0 Å². The summed E-state index contributed by atoms with van der Waals surface area (Å²) < 4.78 is 13.3. The van der Waals surface area contributed by atoms with Gasteiger partial charge in [-0.2, -0.15) is 0 Å². The Morgan fingerprint density at radius 1 is 1.38 bits per heavy atom. The number of hydrogen-bond donors (Lipinski definition) is 2. The van der Waals surface area contributed by atoms with Gasteiger partial charge in [-0.25, -0.2) is 9.37 Å². The Morgan fingerprint density at radius 2 is 2.12 bits per heavy atom. The van der Waals surface area contributed by atoms with Crippen LogP contribution in [0.15, 0.2) is 18.3 Å². The van der Waals surface area contributed by atoms with Crippen LogP contribution in [-0.4, -0.2) is 17.1 Å². The molecule has 1 aromatic rings. The predicted octanol–water partition coefficient (Wildman–Crippen LogP) is 2.29. The fourth-order valence-corrected chi connectivity index (χ4v) is 2.21. The topological polar surface area (TPSA) is 50.9 Å². The molecule has 1 aliphatic carbocycles. The number of rotatable bonds is 3. The maximum Gasteiger partial charge on any atom is 0.165 e. The van der Waals surface area contributed by atoms with Crippen LogP contribution in [0.4, 0.5) is 10.2 Å². The summed E-state index contributed by atoms with van der Waals surface area (Å²) in [5.41, 5.74) is 6.05. The minimum Gasteiger partial charge on any atom is -0.366 e. The zero-order chi connectivity index (χ0) is 11.4. The largest absolute Gasteiger partial charge is 0.366 e. The van der Waals surface area contributed by atoms with E-state index >= 15 is 0 Å². The van der Waals surface area contributed by atoms with Crippen molar-refractivity contribution in [1.82, 2.24) is 4.98 Å². The third kappa shape index (κ3) is 2.70. The molecule has 3 N–H and O–H groups in total. The molecule has 0 aliphatic heterocycles. The number of pyridine rings is 1. The van der Waals surface area contributed by atoms with E-state index in [0.717, 1.165) is 12.8 Å². The molecule has 1 aromatic heterocycles. The van der Waals surface area contributed by atoms with Crippen molar-refractivity contribution in [3.05, 3.63) is 24.1 Å². The van der Waals surface area contributed by atoms with Gasteiger partial charge in [0.15, 0.2) is 11.6 Å². The summed E-state index contributed by atoms with van der Waals surface area (Å²) in [4.78, 5) is 3.95. The van der Waals surface area contributed by atoms with E-state index in [-0.39, 0.29) is 11.4 Å². The Hall–Kier alpha value is -1.16. The minimum atomic E-state index is -0.318. The summed E-state index contributed by atoms with van der Waals surface area (Å²) in [6, 6.07) is 2.98. The molecule has 88 valence electrons. The van der Waals surface area contributed by atoms with E-state index in [0.29, 0.717) is 12.4 Å². The molecule has 0 saturated heterocycles. The highest BCUT2D eigenvalue weighted by atomic mass is 19.1. The molecular weight excluding hydrogens is 205 g/mol. The van der Waals surface area contributed by atoms with Crippen LogP contribution >= 0.6 is 0 Å². The van der Waals surface area contributed by atoms with Gasteiger partial charge in [-0.1, -0.05) is 19.3 Å². The highest BCUT2D eigenvalue weighted by molar-refractivity contribution is 5.36. The lowest BCUT2D eigenvalue weighted by molar-refractivity contribution is 0.310. The Kier molecular flexibility index (Phi) is 3.39. The van der Waals surface area contributed by atoms with Crippen LogP contribution in [0.1, 0.15) is 32.1 Å². The van der Waals surface area contributed by atoms with Gasteiger partial charge >= 0.3 is 0 Å². The van der Waals surface area contributed by atoms with E-state index in [4.69, 9.17) is 5.73 Å². The molecule has 0 radical (unpaired) electrons. The number of halogens is 1. The normalized spacial score (nSPS) is 19.4. The quantitative estimate of drug-likeness (QED) is 0.826. The molecular formula is C12H18FN3. The van der Waals surface area contributed by atoms with E-state index in [2.05, 4.69) is 10.3 Å². The zero-order valence-electron chi connectivity index (χ0n) is 9.38. The van der Waals surface area contributed by atoms with Crippen molar-refractivity contribution in [3.8, 4) is 0 Å². The number of nitrogens with two attached hydrogens (primary N) is 1. The molecule has 4 heteroatoms. The molecule has 2 rings (SSSR count). The number of nitrogens with one attached hydrogen (secondary N) is 1. The molecule has 1 aliphatic rings. The maximum absolute atomic E-state index is 13.3. The van der Waals surface area contributed by atoms with Crippen molar-refractivity contribution in [1.29, 1.82) is 0 Å². The molecule has 0 spiro atoms. The molecule has 0 unspecified atom stereocenters. The van der Waals surface area contributed by atoms with Crippen LogP contribution in [0.5, 0.6) is 0 Å². The van der Waals surface area contributed by atoms with Gasteiger partial charge in [-0.3, -0.25) is 0 Å². The first-order valence-electron chi connectivity index (χ1n) is 5.83. The van der Waals surface area contributed by atoms with Gasteiger partial charge < -0.3 is 11.1 Å². The maximum atomic E-state index is 13.3. The lowest BCUT2D eigenvalue weighted by Crippen LogP contribution is -2.47. The predicted molar refractivity (Wildman–Crippen MR) is 62.7 cm³/mol. The van der Waals surface area contributed by atoms with Crippen molar-refractivity contribution < 1.29 is 4.39 Å². The van der Waals surface area contributed by atoms with Crippen molar-refractivity contribution >= 4 is 5.82 Å². The van der Waals surface area contributed by atoms with Crippen LogP contribution in [-0.2, 0) is 0 Å². The third-order valence-corrected chi connectivity index (χ3v) is 3.22. The van der Waals surface area contributed by atoms with Crippen LogP contribution in [0.25, 0.3) is 0 Å². The lowest BCUT2D eigenvalue weighted by Gasteiger charge is -2.33. The number of hydrogen-bond acceptors (Lipinski definition) is 3.